The summed E-state index contributed by atoms with van der Waals surface area (Å²) in [7, 11) is 7.77. The Hall–Kier alpha value is -2.36. The van der Waals surface area contributed by atoms with Gasteiger partial charge in [0, 0.05) is 44.7 Å². The number of hydrogen-bond donors (Lipinski definition) is 0. The molecule has 0 atom stereocenters. The van der Waals surface area contributed by atoms with Crippen molar-refractivity contribution in [1.82, 2.24) is 4.90 Å². The van der Waals surface area contributed by atoms with Gasteiger partial charge in [0.2, 0.25) is 0 Å². The Bertz CT molecular complexity index is 1400. The van der Waals surface area contributed by atoms with Crippen LogP contribution in [-0.2, 0) is 44.7 Å². The maximum atomic E-state index is 3.50. The normalized spacial score (nSPS) is 13.1. The van der Waals surface area contributed by atoms with Crippen molar-refractivity contribution in [3.05, 3.63) is 136 Å². The van der Waals surface area contributed by atoms with Crippen molar-refractivity contribution in [3.63, 3.8) is 0 Å². The predicted molar refractivity (Wildman–Crippen MR) is 145 cm³/mol. The molecule has 0 spiro atoms. The molecule has 0 fully saturated rings. The average molecular weight is 532 g/mol. The Kier molecular flexibility index (Phi) is 7.88. The smallest absolute Gasteiger partial charge is 0.0269 e. The van der Waals surface area contributed by atoms with Crippen LogP contribution in [0.1, 0.15) is 27.8 Å². The van der Waals surface area contributed by atoms with Crippen LogP contribution in [0.5, 0.6) is 0 Å². The van der Waals surface area contributed by atoms with E-state index in [1.807, 2.05) is 0 Å². The Balaban J connectivity index is 0.000000689. The van der Waals surface area contributed by atoms with Gasteiger partial charge < -0.3 is 10.2 Å². The van der Waals surface area contributed by atoms with Gasteiger partial charge in [-0.2, -0.15) is 32.3 Å². The van der Waals surface area contributed by atoms with Crippen LogP contribution in [0.4, 0.5) is 0 Å². The second-order valence-electron chi connectivity index (χ2n) is 9.31. The van der Waals surface area contributed by atoms with E-state index < -0.39 is 0 Å². The standard InChI is InChI=1S/C30H24N.C2H6N.Y/c1-31(2)20-21-18-23-17-16-22-10-9-15-26-28(22)29(23)27(19-21)30(26,24-11-5-3-6-12-24)25-13-7-4-8-14-25;1-3-2;/h3-8,10-19H,20H2,1-2H3;1-2H3;/q2*-1;. The zero-order valence-electron chi connectivity index (χ0n) is 20.9. The van der Waals surface area contributed by atoms with Gasteiger partial charge in [-0.15, -0.1) is 22.4 Å². The van der Waals surface area contributed by atoms with Crippen LogP contribution in [0.25, 0.3) is 26.9 Å². The van der Waals surface area contributed by atoms with Gasteiger partial charge >= 0.3 is 0 Å². The molecule has 0 saturated carbocycles. The van der Waals surface area contributed by atoms with Crippen LogP contribution in [-0.4, -0.2) is 33.1 Å². The van der Waals surface area contributed by atoms with Gasteiger partial charge in [-0.3, -0.25) is 0 Å². The third kappa shape index (κ3) is 4.28. The summed E-state index contributed by atoms with van der Waals surface area (Å²) < 4.78 is 0. The maximum Gasteiger partial charge on any atom is 0.0269 e. The molecule has 5 aromatic carbocycles. The van der Waals surface area contributed by atoms with Gasteiger partial charge in [0.15, 0.2) is 0 Å². The molecular weight excluding hydrogens is 501 g/mol. The van der Waals surface area contributed by atoms with E-state index in [2.05, 4.69) is 127 Å². The molecule has 0 saturated heterocycles. The van der Waals surface area contributed by atoms with Gasteiger partial charge in [-0.1, -0.05) is 72.8 Å². The average Bonchev–Trinajstić information content (AvgIpc) is 3.16. The molecule has 0 aromatic heterocycles. The topological polar surface area (TPSA) is 17.3 Å². The summed E-state index contributed by atoms with van der Waals surface area (Å²) in [5.41, 5.74) is 6.34. The Labute approximate surface area is 234 Å². The van der Waals surface area contributed by atoms with Gasteiger partial charge in [0.1, 0.15) is 0 Å². The molecule has 0 N–H and O–H groups in total. The van der Waals surface area contributed by atoms with E-state index in [4.69, 9.17) is 0 Å². The van der Waals surface area contributed by atoms with Crippen molar-refractivity contribution in [3.8, 4) is 0 Å². The molecule has 1 radical (unpaired) electrons. The molecule has 2 nitrogen and oxygen atoms in total. The molecule has 0 heterocycles. The molecule has 1 aliphatic carbocycles. The van der Waals surface area contributed by atoms with Crippen molar-refractivity contribution >= 4 is 21.5 Å². The largest absolute Gasteiger partial charge is 0.668 e. The number of rotatable bonds is 4. The van der Waals surface area contributed by atoms with E-state index in [9.17, 15) is 0 Å². The second kappa shape index (κ2) is 10.7. The molecule has 0 aliphatic heterocycles. The summed E-state index contributed by atoms with van der Waals surface area (Å²) in [6.07, 6.45) is 0. The van der Waals surface area contributed by atoms with E-state index in [1.54, 1.807) is 14.1 Å². The maximum absolute atomic E-state index is 3.50. The van der Waals surface area contributed by atoms with E-state index in [-0.39, 0.29) is 38.1 Å². The van der Waals surface area contributed by atoms with Gasteiger partial charge in [-0.25, -0.2) is 0 Å². The van der Waals surface area contributed by atoms with Crippen molar-refractivity contribution in [2.45, 2.75) is 12.0 Å². The summed E-state index contributed by atoms with van der Waals surface area (Å²) >= 11 is 0. The summed E-state index contributed by atoms with van der Waals surface area (Å²) in [5.74, 6) is 0. The minimum Gasteiger partial charge on any atom is -0.668 e. The third-order valence-corrected chi connectivity index (χ3v) is 6.67. The first-order valence-corrected chi connectivity index (χ1v) is 11.8. The number of nitrogens with zero attached hydrogens (tertiary/aromatic N) is 2. The third-order valence-electron chi connectivity index (χ3n) is 6.67. The zero-order valence-corrected chi connectivity index (χ0v) is 23.8. The summed E-state index contributed by atoms with van der Waals surface area (Å²) in [4.78, 5) is 2.25. The fourth-order valence-corrected chi connectivity index (χ4v) is 5.60. The molecule has 0 amide bonds. The fraction of sp³-hybridized carbons (Fsp3) is 0.188. The minimum absolute atomic E-state index is 0. The van der Waals surface area contributed by atoms with Crippen molar-refractivity contribution in [2.24, 2.45) is 0 Å². The van der Waals surface area contributed by atoms with Crippen molar-refractivity contribution in [1.29, 1.82) is 0 Å². The summed E-state index contributed by atoms with van der Waals surface area (Å²) in [6, 6.07) is 39.1. The molecule has 0 bridgehead atoms. The van der Waals surface area contributed by atoms with E-state index >= 15 is 0 Å². The molecule has 5 aromatic rings. The number of benzene rings is 5. The van der Waals surface area contributed by atoms with E-state index in [1.165, 1.54) is 49.4 Å². The van der Waals surface area contributed by atoms with Gasteiger partial charge in [-0.05, 0) is 53.2 Å². The summed E-state index contributed by atoms with van der Waals surface area (Å²) in [5, 5.41) is 8.84. The van der Waals surface area contributed by atoms with E-state index in [0.717, 1.165) is 6.54 Å². The van der Waals surface area contributed by atoms with Crippen LogP contribution in [0.2, 0.25) is 0 Å². The SMILES string of the molecule is CN(C)Cc1cc2c3c(ccc4c[c-]cc(c43)C2(c2ccccc2)c2ccccc2)c1.C[N-]C.[Y]. The first-order chi connectivity index (χ1) is 16.6. The van der Waals surface area contributed by atoms with Crippen LogP contribution in [0.3, 0.4) is 0 Å². The Morgan fingerprint density at radius 2 is 1.26 bits per heavy atom. The molecule has 1 aliphatic rings. The molecule has 35 heavy (non-hydrogen) atoms. The van der Waals surface area contributed by atoms with Crippen LogP contribution >= 0.6 is 0 Å². The van der Waals surface area contributed by atoms with Gasteiger partial charge in [0.05, 0.1) is 0 Å². The van der Waals surface area contributed by atoms with E-state index in [0.29, 0.717) is 0 Å². The second-order valence-corrected chi connectivity index (χ2v) is 9.31. The van der Waals surface area contributed by atoms with Gasteiger partial charge in [0.25, 0.3) is 0 Å². The van der Waals surface area contributed by atoms with Crippen LogP contribution < -0.4 is 0 Å². The van der Waals surface area contributed by atoms with Crippen LogP contribution in [0, 0.1) is 6.07 Å². The Morgan fingerprint density at radius 3 is 1.83 bits per heavy atom. The number of hydrogen-bond acceptors (Lipinski definition) is 1. The first-order valence-electron chi connectivity index (χ1n) is 11.8. The van der Waals surface area contributed by atoms with Crippen molar-refractivity contribution < 1.29 is 32.7 Å². The van der Waals surface area contributed by atoms with Crippen molar-refractivity contribution in [2.75, 3.05) is 28.2 Å². The fourth-order valence-electron chi connectivity index (χ4n) is 5.60. The monoisotopic (exact) mass is 531 g/mol. The van der Waals surface area contributed by atoms with Crippen LogP contribution in [0.15, 0.2) is 97.1 Å². The first kappa shape index (κ1) is 25.7. The molecule has 0 unspecified atom stereocenters. The molecule has 3 heteroatoms. The Morgan fingerprint density at radius 1 is 0.714 bits per heavy atom. The zero-order chi connectivity index (χ0) is 23.7. The molecule has 173 valence electrons. The minimum atomic E-state index is -0.344. The molecule has 6 rings (SSSR count). The molecular formula is C32H30N2Y-2. The quantitative estimate of drug-likeness (QED) is 0.174. The summed E-state index contributed by atoms with van der Waals surface area (Å²) in [6.45, 7) is 0.920. The predicted octanol–water partition coefficient (Wildman–Crippen LogP) is 7.17.